The van der Waals surface area contributed by atoms with Crippen LogP contribution in [0.4, 0.5) is 5.69 Å². The third-order valence-corrected chi connectivity index (χ3v) is 6.39. The normalized spacial score (nSPS) is 10.7. The monoisotopic (exact) mass is 436 g/mol. The van der Waals surface area contributed by atoms with Crippen LogP contribution in [0.1, 0.15) is 5.01 Å². The fraction of sp³-hybridized carbons (Fsp3) is 0.130. The van der Waals surface area contributed by atoms with Gasteiger partial charge in [-0.15, -0.1) is 23.1 Å². The summed E-state index contributed by atoms with van der Waals surface area (Å²) >= 11 is 3.23. The van der Waals surface area contributed by atoms with Gasteiger partial charge in [0.1, 0.15) is 10.8 Å². The maximum atomic E-state index is 12.2. The molecule has 0 unspecified atom stereocenters. The maximum absolute atomic E-state index is 12.2. The minimum atomic E-state index is -0.0421. The lowest BCUT2D eigenvalue weighted by atomic mass is 10.3. The van der Waals surface area contributed by atoms with E-state index in [2.05, 4.69) is 16.4 Å². The highest BCUT2D eigenvalue weighted by molar-refractivity contribution is 7.99. The number of carbonyl (C=O) groups is 1. The Labute approximate surface area is 183 Å². The van der Waals surface area contributed by atoms with Gasteiger partial charge in [0.05, 0.1) is 23.1 Å². The lowest BCUT2D eigenvalue weighted by molar-refractivity contribution is -0.113. The summed E-state index contributed by atoms with van der Waals surface area (Å²) in [7, 11) is 1.61. The van der Waals surface area contributed by atoms with Crippen molar-refractivity contribution in [1.82, 2.24) is 4.98 Å². The van der Waals surface area contributed by atoms with Gasteiger partial charge in [0.2, 0.25) is 5.91 Å². The predicted molar refractivity (Wildman–Crippen MR) is 124 cm³/mol. The topological polar surface area (TPSA) is 60.5 Å². The van der Waals surface area contributed by atoms with Gasteiger partial charge in [0.25, 0.3) is 0 Å². The van der Waals surface area contributed by atoms with Crippen LogP contribution in [0.5, 0.6) is 17.2 Å². The molecule has 0 aliphatic heterocycles. The number of amides is 1. The molecular formula is C23H20N2O3S2. The van der Waals surface area contributed by atoms with E-state index in [-0.39, 0.29) is 5.91 Å². The second kappa shape index (κ2) is 9.65. The van der Waals surface area contributed by atoms with Crippen LogP contribution < -0.4 is 14.8 Å². The predicted octanol–water partition coefficient (Wildman–Crippen LogP) is 5.97. The van der Waals surface area contributed by atoms with Crippen LogP contribution in [0.15, 0.2) is 72.8 Å². The van der Waals surface area contributed by atoms with Crippen LogP contribution >= 0.6 is 23.1 Å². The van der Waals surface area contributed by atoms with Gasteiger partial charge >= 0.3 is 0 Å². The third kappa shape index (κ3) is 5.11. The molecule has 0 bridgehead atoms. The van der Waals surface area contributed by atoms with E-state index in [0.717, 1.165) is 22.0 Å². The number of thioether (sulfide) groups is 1. The zero-order chi connectivity index (χ0) is 20.8. The molecule has 0 atom stereocenters. The smallest absolute Gasteiger partial charge is 0.234 e. The Morgan fingerprint density at radius 3 is 2.50 bits per heavy atom. The highest BCUT2D eigenvalue weighted by Crippen LogP contribution is 2.31. The average Bonchev–Trinajstić information content (AvgIpc) is 3.18. The van der Waals surface area contributed by atoms with E-state index in [1.54, 1.807) is 30.2 Å². The summed E-state index contributed by atoms with van der Waals surface area (Å²) in [4.78, 5) is 16.8. The quantitative estimate of drug-likeness (QED) is 0.369. The molecule has 0 fully saturated rings. The fourth-order valence-corrected chi connectivity index (χ4v) is 4.69. The molecule has 0 spiro atoms. The molecule has 1 aromatic heterocycles. The molecule has 0 saturated carbocycles. The number of nitrogens with zero attached hydrogens (tertiary/aromatic N) is 1. The van der Waals surface area contributed by atoms with Crippen molar-refractivity contribution in [2.45, 2.75) is 5.75 Å². The van der Waals surface area contributed by atoms with Crippen LogP contribution in [0.2, 0.25) is 0 Å². The summed E-state index contributed by atoms with van der Waals surface area (Å²) in [6.07, 6.45) is 0. The van der Waals surface area contributed by atoms with Crippen LogP contribution in [-0.2, 0) is 10.5 Å². The van der Waals surface area contributed by atoms with Crippen LogP contribution in [-0.4, -0.2) is 23.8 Å². The summed E-state index contributed by atoms with van der Waals surface area (Å²) in [5, 5.41) is 3.95. The Kier molecular flexibility index (Phi) is 6.51. The SMILES string of the molecule is COc1ccccc1Oc1ccc(NC(=O)CSCc2nc3ccccc3s2)cc1. The van der Waals surface area contributed by atoms with Crippen molar-refractivity contribution in [3.05, 3.63) is 77.8 Å². The van der Waals surface area contributed by atoms with Gasteiger partial charge in [-0.1, -0.05) is 24.3 Å². The molecule has 0 radical (unpaired) electrons. The number of thiazole rings is 1. The summed E-state index contributed by atoms with van der Waals surface area (Å²) in [6.45, 7) is 0. The van der Waals surface area contributed by atoms with Gasteiger partial charge in [-0.25, -0.2) is 4.98 Å². The van der Waals surface area contributed by atoms with Crippen molar-refractivity contribution in [3.63, 3.8) is 0 Å². The lowest BCUT2D eigenvalue weighted by Gasteiger charge is -2.10. The van der Waals surface area contributed by atoms with Crippen molar-refractivity contribution in [1.29, 1.82) is 0 Å². The van der Waals surface area contributed by atoms with Gasteiger partial charge in [-0.2, -0.15) is 0 Å². The molecule has 5 nitrogen and oxygen atoms in total. The molecule has 30 heavy (non-hydrogen) atoms. The van der Waals surface area contributed by atoms with Gasteiger partial charge in [-0.05, 0) is 48.5 Å². The first-order chi connectivity index (χ1) is 14.7. The number of para-hydroxylation sites is 3. The summed E-state index contributed by atoms with van der Waals surface area (Å²) in [6, 6.07) is 22.8. The van der Waals surface area contributed by atoms with Gasteiger partial charge < -0.3 is 14.8 Å². The molecule has 1 heterocycles. The highest BCUT2D eigenvalue weighted by atomic mass is 32.2. The standard InChI is InChI=1S/C23H20N2O3S2/c1-27-19-7-3-4-8-20(19)28-17-12-10-16(11-13-17)24-22(26)14-29-15-23-25-18-6-2-5-9-21(18)30-23/h2-13H,14-15H2,1H3,(H,24,26). The number of anilines is 1. The molecule has 152 valence electrons. The number of nitrogens with one attached hydrogen (secondary N) is 1. The summed E-state index contributed by atoms with van der Waals surface area (Å²) < 4.78 is 12.3. The number of benzene rings is 3. The van der Waals surface area contributed by atoms with Crippen molar-refractivity contribution >= 4 is 44.9 Å². The Hall–Kier alpha value is -3.03. The van der Waals surface area contributed by atoms with Crippen molar-refractivity contribution < 1.29 is 14.3 Å². The van der Waals surface area contributed by atoms with E-state index in [0.29, 0.717) is 23.0 Å². The van der Waals surface area contributed by atoms with E-state index < -0.39 is 0 Å². The molecule has 3 aromatic carbocycles. The molecule has 1 amide bonds. The Morgan fingerprint density at radius 1 is 1.00 bits per heavy atom. The molecular weight excluding hydrogens is 416 g/mol. The first kappa shape index (κ1) is 20.3. The average molecular weight is 437 g/mol. The van der Waals surface area contributed by atoms with Gasteiger partial charge in [0, 0.05) is 11.4 Å². The van der Waals surface area contributed by atoms with Crippen LogP contribution in [0, 0.1) is 0 Å². The zero-order valence-electron chi connectivity index (χ0n) is 16.3. The van der Waals surface area contributed by atoms with E-state index in [4.69, 9.17) is 9.47 Å². The number of fused-ring (bicyclic) bond motifs is 1. The number of ether oxygens (including phenoxy) is 2. The molecule has 1 N–H and O–H groups in total. The second-order valence-corrected chi connectivity index (χ2v) is 8.49. The van der Waals surface area contributed by atoms with Crippen molar-refractivity contribution in [2.24, 2.45) is 0 Å². The number of hydrogen-bond acceptors (Lipinski definition) is 6. The number of hydrogen-bond donors (Lipinski definition) is 1. The maximum Gasteiger partial charge on any atom is 0.234 e. The molecule has 0 saturated heterocycles. The number of aromatic nitrogens is 1. The number of rotatable bonds is 8. The van der Waals surface area contributed by atoms with Gasteiger partial charge in [-0.3, -0.25) is 4.79 Å². The van der Waals surface area contributed by atoms with Crippen molar-refractivity contribution in [2.75, 3.05) is 18.2 Å². The van der Waals surface area contributed by atoms with E-state index >= 15 is 0 Å². The Morgan fingerprint density at radius 2 is 1.73 bits per heavy atom. The third-order valence-electron chi connectivity index (χ3n) is 4.23. The molecule has 4 aromatic rings. The van der Waals surface area contributed by atoms with E-state index in [9.17, 15) is 4.79 Å². The second-order valence-electron chi connectivity index (χ2n) is 6.39. The fourth-order valence-electron chi connectivity index (χ4n) is 2.85. The van der Waals surface area contributed by atoms with Crippen LogP contribution in [0.3, 0.4) is 0 Å². The number of carbonyl (C=O) groups excluding carboxylic acids is 1. The lowest BCUT2D eigenvalue weighted by Crippen LogP contribution is -2.14. The molecule has 7 heteroatoms. The van der Waals surface area contributed by atoms with E-state index in [1.165, 1.54) is 4.70 Å². The first-order valence-electron chi connectivity index (χ1n) is 9.34. The molecule has 4 rings (SSSR count). The highest BCUT2D eigenvalue weighted by Gasteiger charge is 2.08. The summed E-state index contributed by atoms with van der Waals surface area (Å²) in [5.41, 5.74) is 1.74. The minimum absolute atomic E-state index is 0.0421. The van der Waals surface area contributed by atoms with Crippen molar-refractivity contribution in [3.8, 4) is 17.2 Å². The molecule has 0 aliphatic carbocycles. The van der Waals surface area contributed by atoms with E-state index in [1.807, 2.05) is 66.7 Å². The van der Waals surface area contributed by atoms with Gasteiger partial charge in [0.15, 0.2) is 11.5 Å². The minimum Gasteiger partial charge on any atom is -0.493 e. The Balaban J connectivity index is 1.27. The number of methoxy groups -OCH3 is 1. The Bertz CT molecular complexity index is 1110. The zero-order valence-corrected chi connectivity index (χ0v) is 18.0. The largest absolute Gasteiger partial charge is 0.493 e. The molecule has 0 aliphatic rings. The van der Waals surface area contributed by atoms with Crippen LogP contribution in [0.25, 0.3) is 10.2 Å². The first-order valence-corrected chi connectivity index (χ1v) is 11.3. The summed E-state index contributed by atoms with van der Waals surface area (Å²) in [5.74, 6) is 3.03.